The van der Waals surface area contributed by atoms with Gasteiger partial charge < -0.3 is 9.64 Å². The fraction of sp³-hybridized carbons (Fsp3) is 0.538. The van der Waals surface area contributed by atoms with Gasteiger partial charge in [0.15, 0.2) is 0 Å². The highest BCUT2D eigenvalue weighted by molar-refractivity contribution is 7.80. The van der Waals surface area contributed by atoms with Crippen LogP contribution in [0.3, 0.4) is 0 Å². The van der Waals surface area contributed by atoms with Gasteiger partial charge in [-0.05, 0) is 56.5 Å². The highest BCUT2D eigenvalue weighted by Gasteiger charge is 1.98. The van der Waals surface area contributed by atoms with Crippen molar-refractivity contribution in [2.75, 3.05) is 32.5 Å². The van der Waals surface area contributed by atoms with E-state index in [1.165, 1.54) is 12.1 Å². The van der Waals surface area contributed by atoms with E-state index in [0.717, 1.165) is 37.4 Å². The average Bonchev–Trinajstić information content (AvgIpc) is 2.34. The molecule has 0 aliphatic rings. The molecule has 1 aromatic rings. The number of hydrogen-bond donors (Lipinski definition) is 1. The lowest BCUT2D eigenvalue weighted by molar-refractivity contribution is 0.263. The van der Waals surface area contributed by atoms with Gasteiger partial charge in [-0.15, -0.1) is 0 Å². The summed E-state index contributed by atoms with van der Waals surface area (Å²) in [5, 5.41) is 0. The zero-order valence-corrected chi connectivity index (χ0v) is 11.1. The molecule has 17 heavy (non-hydrogen) atoms. The molecule has 0 unspecified atom stereocenters. The van der Waals surface area contributed by atoms with Crippen LogP contribution in [0, 0.1) is 5.82 Å². The minimum Gasteiger partial charge on any atom is -0.494 e. The second kappa shape index (κ2) is 8.37. The maximum Gasteiger partial charge on any atom is 0.123 e. The first-order valence-electron chi connectivity index (χ1n) is 5.90. The molecule has 0 aliphatic carbocycles. The van der Waals surface area contributed by atoms with Crippen LogP contribution < -0.4 is 4.74 Å². The minimum absolute atomic E-state index is 0.233. The van der Waals surface area contributed by atoms with Crippen molar-refractivity contribution < 1.29 is 9.13 Å². The van der Waals surface area contributed by atoms with E-state index in [2.05, 4.69) is 24.6 Å². The molecule has 1 rings (SSSR count). The van der Waals surface area contributed by atoms with E-state index in [1.54, 1.807) is 12.1 Å². The topological polar surface area (TPSA) is 12.5 Å². The Hall–Kier alpha value is -0.740. The molecule has 0 amide bonds. The van der Waals surface area contributed by atoms with Crippen molar-refractivity contribution >= 4 is 12.6 Å². The molecule has 0 aliphatic heterocycles. The van der Waals surface area contributed by atoms with Crippen LogP contribution in [0.5, 0.6) is 5.75 Å². The van der Waals surface area contributed by atoms with Crippen LogP contribution in [0.2, 0.25) is 0 Å². The molecule has 0 radical (unpaired) electrons. The Bertz CT molecular complexity index is 305. The number of hydrogen-bond acceptors (Lipinski definition) is 3. The Morgan fingerprint density at radius 2 is 1.82 bits per heavy atom. The third-order valence-corrected chi connectivity index (χ3v) is 2.78. The van der Waals surface area contributed by atoms with Gasteiger partial charge in [-0.3, -0.25) is 0 Å². The van der Waals surface area contributed by atoms with Crippen molar-refractivity contribution in [1.82, 2.24) is 4.90 Å². The van der Waals surface area contributed by atoms with Crippen LogP contribution in [0.1, 0.15) is 12.8 Å². The van der Waals surface area contributed by atoms with Crippen molar-refractivity contribution in [3.8, 4) is 5.75 Å². The Balaban J connectivity index is 2.09. The third kappa shape index (κ3) is 6.54. The van der Waals surface area contributed by atoms with Gasteiger partial charge in [0.05, 0.1) is 6.61 Å². The van der Waals surface area contributed by atoms with E-state index in [-0.39, 0.29) is 5.82 Å². The number of thiol groups is 1. The quantitative estimate of drug-likeness (QED) is 0.568. The Morgan fingerprint density at radius 1 is 1.18 bits per heavy atom. The summed E-state index contributed by atoms with van der Waals surface area (Å²) in [6, 6.07) is 6.13. The largest absolute Gasteiger partial charge is 0.494 e. The van der Waals surface area contributed by atoms with Gasteiger partial charge in [0.1, 0.15) is 11.6 Å². The number of nitrogens with zero attached hydrogens (tertiary/aromatic N) is 1. The fourth-order valence-electron chi connectivity index (χ4n) is 1.51. The van der Waals surface area contributed by atoms with Crippen LogP contribution in [-0.4, -0.2) is 37.4 Å². The zero-order chi connectivity index (χ0) is 12.5. The van der Waals surface area contributed by atoms with E-state index in [0.29, 0.717) is 6.61 Å². The third-order valence-electron chi connectivity index (χ3n) is 2.46. The molecule has 0 fully saturated rings. The predicted molar refractivity (Wildman–Crippen MR) is 72.5 cm³/mol. The second-order valence-corrected chi connectivity index (χ2v) is 4.48. The van der Waals surface area contributed by atoms with Crippen molar-refractivity contribution in [1.29, 1.82) is 0 Å². The molecule has 0 N–H and O–H groups in total. The summed E-state index contributed by atoms with van der Waals surface area (Å²) >= 11 is 4.18. The average molecular weight is 257 g/mol. The zero-order valence-electron chi connectivity index (χ0n) is 10.2. The number of benzene rings is 1. The summed E-state index contributed by atoms with van der Waals surface area (Å²) in [4.78, 5) is 2.27. The molecule has 96 valence electrons. The first kappa shape index (κ1) is 14.3. The van der Waals surface area contributed by atoms with Crippen molar-refractivity contribution in [2.24, 2.45) is 0 Å². The molecule has 0 heterocycles. The predicted octanol–water partition coefficient (Wildman–Crippen LogP) is 2.85. The summed E-state index contributed by atoms with van der Waals surface area (Å²) in [6.07, 6.45) is 2.08. The van der Waals surface area contributed by atoms with Gasteiger partial charge in [-0.2, -0.15) is 12.6 Å². The second-order valence-electron chi connectivity index (χ2n) is 4.04. The molecule has 0 spiro atoms. The summed E-state index contributed by atoms with van der Waals surface area (Å²) in [6.45, 7) is 2.74. The van der Waals surface area contributed by atoms with Gasteiger partial charge in [0.2, 0.25) is 0 Å². The standard InChI is InChI=1S/C13H20FNOS/c1-15(9-3-11-17)8-2-10-16-13-6-4-12(14)5-7-13/h4-7,17H,2-3,8-11H2,1H3. The van der Waals surface area contributed by atoms with Crippen LogP contribution in [0.25, 0.3) is 0 Å². The van der Waals surface area contributed by atoms with Crippen molar-refractivity contribution in [2.45, 2.75) is 12.8 Å². The summed E-state index contributed by atoms with van der Waals surface area (Å²) < 4.78 is 18.1. The molecule has 2 nitrogen and oxygen atoms in total. The fourth-order valence-corrected chi connectivity index (χ4v) is 1.65. The molecule has 1 aromatic carbocycles. The van der Waals surface area contributed by atoms with E-state index in [4.69, 9.17) is 4.74 Å². The normalized spacial score (nSPS) is 10.8. The molecule has 0 saturated heterocycles. The van der Waals surface area contributed by atoms with Crippen molar-refractivity contribution in [3.63, 3.8) is 0 Å². The Labute approximate surface area is 108 Å². The smallest absolute Gasteiger partial charge is 0.123 e. The van der Waals surface area contributed by atoms with Gasteiger partial charge in [-0.25, -0.2) is 4.39 Å². The van der Waals surface area contributed by atoms with E-state index < -0.39 is 0 Å². The SMILES string of the molecule is CN(CCCS)CCCOc1ccc(F)cc1. The molecular formula is C13H20FNOS. The van der Waals surface area contributed by atoms with Gasteiger partial charge in [0, 0.05) is 6.54 Å². The lowest BCUT2D eigenvalue weighted by Gasteiger charge is -2.15. The number of ether oxygens (including phenoxy) is 1. The maximum absolute atomic E-state index is 12.6. The van der Waals surface area contributed by atoms with Crippen LogP contribution in [0.15, 0.2) is 24.3 Å². The lowest BCUT2D eigenvalue weighted by atomic mass is 10.3. The van der Waals surface area contributed by atoms with E-state index >= 15 is 0 Å². The highest BCUT2D eigenvalue weighted by Crippen LogP contribution is 2.11. The number of halogens is 1. The summed E-state index contributed by atoms with van der Waals surface area (Å²) in [5.41, 5.74) is 0. The first-order chi connectivity index (χ1) is 8.22. The highest BCUT2D eigenvalue weighted by atomic mass is 32.1. The molecular weight excluding hydrogens is 237 g/mol. The summed E-state index contributed by atoms with van der Waals surface area (Å²) in [7, 11) is 2.10. The first-order valence-corrected chi connectivity index (χ1v) is 6.53. The van der Waals surface area contributed by atoms with Crippen LogP contribution in [-0.2, 0) is 0 Å². The monoisotopic (exact) mass is 257 g/mol. The van der Waals surface area contributed by atoms with Gasteiger partial charge >= 0.3 is 0 Å². The molecule has 0 aromatic heterocycles. The molecule has 4 heteroatoms. The molecule has 0 bridgehead atoms. The maximum atomic E-state index is 12.6. The molecule has 0 atom stereocenters. The van der Waals surface area contributed by atoms with E-state index in [1.807, 2.05) is 0 Å². The molecule has 0 saturated carbocycles. The van der Waals surface area contributed by atoms with Crippen LogP contribution in [0.4, 0.5) is 4.39 Å². The van der Waals surface area contributed by atoms with Gasteiger partial charge in [0.25, 0.3) is 0 Å². The minimum atomic E-state index is -0.233. The van der Waals surface area contributed by atoms with Gasteiger partial charge in [-0.1, -0.05) is 0 Å². The van der Waals surface area contributed by atoms with Crippen LogP contribution >= 0.6 is 12.6 Å². The lowest BCUT2D eigenvalue weighted by Crippen LogP contribution is -2.22. The van der Waals surface area contributed by atoms with Crippen molar-refractivity contribution in [3.05, 3.63) is 30.1 Å². The summed E-state index contributed by atoms with van der Waals surface area (Å²) in [5.74, 6) is 1.42. The van der Waals surface area contributed by atoms with E-state index in [9.17, 15) is 4.39 Å². The number of rotatable bonds is 8. The Kier molecular flexibility index (Phi) is 7.05. The Morgan fingerprint density at radius 3 is 2.47 bits per heavy atom.